The van der Waals surface area contributed by atoms with E-state index < -0.39 is 0 Å². The first kappa shape index (κ1) is 24.0. The molecule has 0 fully saturated rings. The van der Waals surface area contributed by atoms with Gasteiger partial charge in [-0.1, -0.05) is 60.7 Å². The van der Waals surface area contributed by atoms with Crippen LogP contribution >= 0.6 is 0 Å². The van der Waals surface area contributed by atoms with E-state index in [1.807, 2.05) is 83.9 Å². The maximum absolute atomic E-state index is 11.3. The van der Waals surface area contributed by atoms with Gasteiger partial charge in [-0.25, -0.2) is 0 Å². The molecule has 8 heteroatoms. The number of nitro benzene ring substituents is 2. The number of anilines is 1. The minimum atomic E-state index is -0.390. The molecular weight excluding hydrogens is 492 g/mol. The number of non-ortho nitro benzene ring substituents is 2. The monoisotopic (exact) mass is 514 g/mol. The molecule has 0 saturated heterocycles. The lowest BCUT2D eigenvalue weighted by Gasteiger charge is -2.25. The third-order valence-corrected chi connectivity index (χ3v) is 6.99. The van der Waals surface area contributed by atoms with Crippen molar-refractivity contribution in [1.82, 2.24) is 0 Å². The molecule has 1 aliphatic rings. The molecule has 5 aromatic rings. The lowest BCUT2D eigenvalue weighted by Crippen LogP contribution is -2.18. The predicted molar refractivity (Wildman–Crippen MR) is 154 cm³/mol. The zero-order valence-corrected chi connectivity index (χ0v) is 20.7. The first-order valence-electron chi connectivity index (χ1n) is 12.4. The number of benzene rings is 5. The highest BCUT2D eigenvalue weighted by atomic mass is 16.6. The van der Waals surface area contributed by atoms with E-state index in [4.69, 9.17) is 5.10 Å². The van der Waals surface area contributed by atoms with Crippen LogP contribution in [0.5, 0.6) is 0 Å². The van der Waals surface area contributed by atoms with Crippen LogP contribution in [0.25, 0.3) is 27.6 Å². The fraction of sp³-hybridized carbons (Fsp3) is 0.0645. The molecule has 0 amide bonds. The van der Waals surface area contributed by atoms with Crippen molar-refractivity contribution in [1.29, 1.82) is 0 Å². The van der Waals surface area contributed by atoms with Gasteiger partial charge in [0.15, 0.2) is 0 Å². The van der Waals surface area contributed by atoms with Gasteiger partial charge >= 0.3 is 0 Å². The van der Waals surface area contributed by atoms with Crippen LogP contribution in [0.3, 0.4) is 0 Å². The molecule has 0 aromatic heterocycles. The second-order valence-electron chi connectivity index (χ2n) is 9.34. The zero-order valence-electron chi connectivity index (χ0n) is 20.7. The highest BCUT2D eigenvalue weighted by Crippen LogP contribution is 2.39. The van der Waals surface area contributed by atoms with Gasteiger partial charge in [0.1, 0.15) is 0 Å². The highest BCUT2D eigenvalue weighted by Gasteiger charge is 2.29. The van der Waals surface area contributed by atoms with Gasteiger partial charge < -0.3 is 0 Å². The van der Waals surface area contributed by atoms with Crippen molar-refractivity contribution in [2.24, 2.45) is 5.10 Å². The summed E-state index contributed by atoms with van der Waals surface area (Å²) < 4.78 is 0. The van der Waals surface area contributed by atoms with Crippen molar-refractivity contribution in [2.45, 2.75) is 12.5 Å². The van der Waals surface area contributed by atoms with Crippen molar-refractivity contribution in [3.63, 3.8) is 0 Å². The van der Waals surface area contributed by atoms with Gasteiger partial charge in [-0.15, -0.1) is 0 Å². The minimum Gasteiger partial charge on any atom is -0.258 e. The molecule has 190 valence electrons. The summed E-state index contributed by atoms with van der Waals surface area (Å²) in [5.41, 5.74) is 3.92. The smallest absolute Gasteiger partial charge is 0.258 e. The Morgan fingerprint density at radius 2 is 1.36 bits per heavy atom. The van der Waals surface area contributed by atoms with Gasteiger partial charge in [-0.05, 0) is 63.0 Å². The van der Waals surface area contributed by atoms with E-state index in [1.165, 1.54) is 6.07 Å². The molecule has 0 radical (unpaired) electrons. The Kier molecular flexibility index (Phi) is 6.05. The summed E-state index contributed by atoms with van der Waals surface area (Å²) in [6, 6.07) is 31.2. The summed E-state index contributed by atoms with van der Waals surface area (Å²) in [6.07, 6.45) is 4.62. The van der Waals surface area contributed by atoms with Crippen LogP contribution in [0.15, 0.2) is 114 Å². The Bertz CT molecular complexity index is 1810. The predicted octanol–water partition coefficient (Wildman–Crippen LogP) is 7.83. The number of hydrogen-bond acceptors (Lipinski definition) is 6. The van der Waals surface area contributed by atoms with Crippen molar-refractivity contribution in [3.8, 4) is 0 Å². The van der Waals surface area contributed by atoms with Gasteiger partial charge in [0.25, 0.3) is 11.4 Å². The molecule has 1 heterocycles. The molecule has 1 unspecified atom stereocenters. The Balaban J connectivity index is 1.38. The van der Waals surface area contributed by atoms with Gasteiger partial charge in [0.05, 0.1) is 27.3 Å². The SMILES string of the molecule is O=[N+]([O-])c1ccc2c(/C=C/C3=NN(c4ccccc4)C(c4cccc5cc([N+](=O)[O-])ccc45)C3)cccc2c1. The number of nitro groups is 2. The van der Waals surface area contributed by atoms with E-state index in [9.17, 15) is 20.2 Å². The Morgan fingerprint density at radius 1 is 0.718 bits per heavy atom. The molecule has 0 bridgehead atoms. The van der Waals surface area contributed by atoms with E-state index in [2.05, 4.69) is 6.07 Å². The molecule has 0 N–H and O–H groups in total. The average Bonchev–Trinajstić information content (AvgIpc) is 3.39. The Morgan fingerprint density at radius 3 is 2.05 bits per heavy atom. The van der Waals surface area contributed by atoms with Gasteiger partial charge in [0.2, 0.25) is 0 Å². The molecule has 39 heavy (non-hydrogen) atoms. The number of hydrogen-bond donors (Lipinski definition) is 0. The van der Waals surface area contributed by atoms with Gasteiger partial charge in [-0.2, -0.15) is 5.10 Å². The number of para-hydroxylation sites is 1. The van der Waals surface area contributed by atoms with Crippen molar-refractivity contribution in [3.05, 3.63) is 141 Å². The van der Waals surface area contributed by atoms with E-state index in [0.717, 1.165) is 44.1 Å². The van der Waals surface area contributed by atoms with Crippen LogP contribution < -0.4 is 5.01 Å². The molecule has 1 aliphatic heterocycles. The normalized spacial score (nSPS) is 15.2. The minimum absolute atomic E-state index is 0.0607. The van der Waals surface area contributed by atoms with Crippen LogP contribution in [-0.2, 0) is 0 Å². The van der Waals surface area contributed by atoms with Crippen LogP contribution in [0, 0.1) is 20.2 Å². The van der Waals surface area contributed by atoms with Crippen molar-refractivity contribution < 1.29 is 9.85 Å². The summed E-state index contributed by atoms with van der Waals surface area (Å²) in [4.78, 5) is 21.7. The molecule has 1 atom stereocenters. The van der Waals surface area contributed by atoms with Crippen LogP contribution in [0.2, 0.25) is 0 Å². The summed E-state index contributed by atoms with van der Waals surface area (Å²) in [6.45, 7) is 0. The van der Waals surface area contributed by atoms with E-state index in [1.54, 1.807) is 24.3 Å². The quantitative estimate of drug-likeness (QED) is 0.170. The number of nitrogens with zero attached hydrogens (tertiary/aromatic N) is 4. The van der Waals surface area contributed by atoms with Crippen LogP contribution in [0.4, 0.5) is 17.1 Å². The number of allylic oxidation sites excluding steroid dienone is 1. The van der Waals surface area contributed by atoms with Crippen LogP contribution in [-0.4, -0.2) is 15.6 Å². The van der Waals surface area contributed by atoms with Crippen LogP contribution in [0.1, 0.15) is 23.6 Å². The lowest BCUT2D eigenvalue weighted by atomic mass is 9.94. The zero-order chi connectivity index (χ0) is 26.9. The number of rotatable bonds is 6. The first-order chi connectivity index (χ1) is 19.0. The third-order valence-electron chi connectivity index (χ3n) is 6.99. The summed E-state index contributed by atoms with van der Waals surface area (Å²) >= 11 is 0. The standard InChI is InChI=1S/C31H22N4O4/c36-34(37)26-14-16-28-21(6-4-7-22(28)18-26)12-13-24-20-31(33(32-24)25-9-2-1-3-10-25)30-11-5-8-23-19-27(35(38)39)15-17-29(23)30/h1-19,31H,20H2/b13-12+. The fourth-order valence-corrected chi connectivity index (χ4v) is 5.14. The Labute approximate surface area is 223 Å². The molecule has 8 nitrogen and oxygen atoms in total. The average molecular weight is 515 g/mol. The largest absolute Gasteiger partial charge is 0.270 e. The van der Waals surface area contributed by atoms with Gasteiger partial charge in [0, 0.05) is 30.7 Å². The summed E-state index contributed by atoms with van der Waals surface area (Å²) in [5.74, 6) is 0. The van der Waals surface area contributed by atoms with Gasteiger partial charge in [-0.3, -0.25) is 25.2 Å². The van der Waals surface area contributed by atoms with Crippen molar-refractivity contribution >= 4 is 50.4 Å². The topological polar surface area (TPSA) is 102 Å². The molecule has 0 saturated carbocycles. The second-order valence-corrected chi connectivity index (χ2v) is 9.34. The molecule has 0 spiro atoms. The van der Waals surface area contributed by atoms with E-state index in [0.29, 0.717) is 6.42 Å². The summed E-state index contributed by atoms with van der Waals surface area (Å²) in [5, 5.41) is 33.0. The maximum Gasteiger partial charge on any atom is 0.270 e. The third kappa shape index (κ3) is 4.59. The lowest BCUT2D eigenvalue weighted by molar-refractivity contribution is -0.384. The molecule has 0 aliphatic carbocycles. The van der Waals surface area contributed by atoms with Crippen molar-refractivity contribution in [2.75, 3.05) is 5.01 Å². The molecular formula is C31H22N4O4. The molecule has 6 rings (SSSR count). The number of fused-ring (bicyclic) bond motifs is 2. The second kappa shape index (κ2) is 9.83. The van der Waals surface area contributed by atoms with E-state index in [-0.39, 0.29) is 27.3 Å². The molecule has 5 aromatic carbocycles. The van der Waals surface area contributed by atoms with E-state index >= 15 is 0 Å². The highest BCUT2D eigenvalue weighted by molar-refractivity contribution is 6.03. The fourth-order valence-electron chi connectivity index (χ4n) is 5.14. The summed E-state index contributed by atoms with van der Waals surface area (Å²) in [7, 11) is 0. The number of hydrazone groups is 1. The first-order valence-corrected chi connectivity index (χ1v) is 12.4. The maximum atomic E-state index is 11.3. The Hall–Kier alpha value is -5.37.